The first kappa shape index (κ1) is 22.1. The average molecular weight is 457 g/mol. The molecular formula is C27H32N6O+2. The van der Waals surface area contributed by atoms with Crippen LogP contribution in [0.1, 0.15) is 69.3 Å². The molecule has 0 spiro atoms. The maximum Gasteiger partial charge on any atom is 0.426 e. The number of imidazole rings is 2. The van der Waals surface area contributed by atoms with E-state index in [0.717, 1.165) is 17.8 Å². The van der Waals surface area contributed by atoms with E-state index in [-0.39, 0.29) is 17.4 Å². The molecule has 0 saturated carbocycles. The normalized spacial score (nSPS) is 12.9. The van der Waals surface area contributed by atoms with Crippen LogP contribution in [-0.4, -0.2) is 18.7 Å². The highest BCUT2D eigenvalue weighted by Crippen LogP contribution is 2.18. The van der Waals surface area contributed by atoms with E-state index in [0.29, 0.717) is 11.7 Å². The maximum absolute atomic E-state index is 13.2. The molecule has 0 radical (unpaired) electrons. The molecule has 0 aromatic carbocycles. The molecule has 0 aliphatic rings. The molecule has 0 aliphatic carbocycles. The Bertz CT molecular complexity index is 1540. The van der Waals surface area contributed by atoms with Crippen molar-refractivity contribution < 1.29 is 8.97 Å². The van der Waals surface area contributed by atoms with Gasteiger partial charge in [0, 0.05) is 29.8 Å². The van der Waals surface area contributed by atoms with Gasteiger partial charge in [0.05, 0.1) is 18.3 Å². The third kappa shape index (κ3) is 3.61. The van der Waals surface area contributed by atoms with Crippen molar-refractivity contribution in [1.29, 1.82) is 0 Å². The van der Waals surface area contributed by atoms with Gasteiger partial charge in [0.15, 0.2) is 5.69 Å². The lowest BCUT2D eigenvalue weighted by Crippen LogP contribution is -2.38. The molecule has 5 rings (SSSR count). The zero-order chi connectivity index (χ0) is 24.0. The van der Waals surface area contributed by atoms with Crippen molar-refractivity contribution in [2.24, 2.45) is 0 Å². The summed E-state index contributed by atoms with van der Waals surface area (Å²) in [4.78, 5) is 17.9. The fourth-order valence-corrected chi connectivity index (χ4v) is 4.75. The lowest BCUT2D eigenvalue weighted by Gasteiger charge is -2.07. The monoisotopic (exact) mass is 456 g/mol. The van der Waals surface area contributed by atoms with Gasteiger partial charge >= 0.3 is 5.78 Å². The molecule has 0 N–H and O–H groups in total. The molecule has 0 aliphatic heterocycles. The van der Waals surface area contributed by atoms with Crippen LogP contribution in [0.3, 0.4) is 0 Å². The Labute approximate surface area is 199 Å². The molecule has 1 atom stereocenters. The Morgan fingerprint density at radius 1 is 0.941 bits per heavy atom. The highest BCUT2D eigenvalue weighted by molar-refractivity contribution is 5.34. The molecule has 5 heterocycles. The maximum atomic E-state index is 13.2. The number of fused-ring (bicyclic) bond motifs is 2. The number of rotatable bonds is 6. The minimum Gasteiger partial charge on any atom is -0.266 e. The van der Waals surface area contributed by atoms with Crippen LogP contribution < -0.4 is 14.5 Å². The molecule has 5 aromatic heterocycles. The van der Waals surface area contributed by atoms with Crippen LogP contribution in [-0.2, 0) is 6.54 Å². The van der Waals surface area contributed by atoms with Crippen molar-refractivity contribution in [3.8, 4) is 0 Å². The summed E-state index contributed by atoms with van der Waals surface area (Å²) >= 11 is 0. The van der Waals surface area contributed by atoms with E-state index < -0.39 is 0 Å². The van der Waals surface area contributed by atoms with Gasteiger partial charge in [-0.2, -0.15) is 9.08 Å². The minimum absolute atomic E-state index is 0.0192. The molecule has 0 saturated heterocycles. The lowest BCUT2D eigenvalue weighted by atomic mass is 10.1. The number of aromatic nitrogens is 6. The molecule has 0 amide bonds. The van der Waals surface area contributed by atoms with E-state index in [1.165, 1.54) is 11.3 Å². The predicted octanol–water partition coefficient (Wildman–Crippen LogP) is 3.69. The van der Waals surface area contributed by atoms with E-state index in [9.17, 15) is 4.79 Å². The first-order valence-corrected chi connectivity index (χ1v) is 12.0. The average Bonchev–Trinajstić information content (AvgIpc) is 3.38. The van der Waals surface area contributed by atoms with Gasteiger partial charge in [-0.05, 0) is 18.1 Å². The van der Waals surface area contributed by atoms with Crippen LogP contribution >= 0.6 is 0 Å². The molecule has 1 unspecified atom stereocenters. The van der Waals surface area contributed by atoms with E-state index in [4.69, 9.17) is 0 Å². The second-order valence-electron chi connectivity index (χ2n) is 9.65. The van der Waals surface area contributed by atoms with Crippen molar-refractivity contribution in [2.75, 3.05) is 0 Å². The molecule has 34 heavy (non-hydrogen) atoms. The summed E-state index contributed by atoms with van der Waals surface area (Å²) in [5.41, 5.74) is 4.33. The fraction of sp³-hybridized carbons (Fsp3) is 0.333. The van der Waals surface area contributed by atoms with Gasteiger partial charge in [0.25, 0.3) is 11.2 Å². The molecular weight excluding hydrogens is 424 g/mol. The second-order valence-corrected chi connectivity index (χ2v) is 9.65. The van der Waals surface area contributed by atoms with Gasteiger partial charge in [-0.15, -0.1) is 4.68 Å². The van der Waals surface area contributed by atoms with E-state index >= 15 is 0 Å². The van der Waals surface area contributed by atoms with Crippen molar-refractivity contribution in [1.82, 2.24) is 18.7 Å². The number of nitrogens with zero attached hydrogens (tertiary/aromatic N) is 6. The molecule has 5 aromatic rings. The summed E-state index contributed by atoms with van der Waals surface area (Å²) in [6.45, 7) is 11.6. The SMILES string of the molecule is CC(C)c1cccn(-n2cc(C(C)C[n+]3cc(C(C)C)n4ccccc43)[n+]3cccnc23)c1=O. The molecule has 0 fully saturated rings. The van der Waals surface area contributed by atoms with Gasteiger partial charge in [-0.1, -0.05) is 51.7 Å². The van der Waals surface area contributed by atoms with Crippen LogP contribution in [0.4, 0.5) is 0 Å². The van der Waals surface area contributed by atoms with Crippen LogP contribution in [0.15, 0.2) is 78.4 Å². The van der Waals surface area contributed by atoms with Crippen LogP contribution in [0.25, 0.3) is 11.4 Å². The van der Waals surface area contributed by atoms with Gasteiger partial charge in [-0.3, -0.25) is 4.79 Å². The van der Waals surface area contributed by atoms with Crippen molar-refractivity contribution in [3.05, 3.63) is 101 Å². The zero-order valence-corrected chi connectivity index (χ0v) is 20.5. The highest BCUT2D eigenvalue weighted by atomic mass is 16.1. The first-order valence-electron chi connectivity index (χ1n) is 12.0. The smallest absolute Gasteiger partial charge is 0.266 e. The quantitative estimate of drug-likeness (QED) is 0.366. The van der Waals surface area contributed by atoms with Crippen molar-refractivity contribution in [3.63, 3.8) is 0 Å². The fourth-order valence-electron chi connectivity index (χ4n) is 4.75. The summed E-state index contributed by atoms with van der Waals surface area (Å²) in [7, 11) is 0. The Kier molecular flexibility index (Phi) is 5.55. The zero-order valence-electron chi connectivity index (χ0n) is 20.5. The topological polar surface area (TPSA) is 52.2 Å². The molecule has 7 heteroatoms. The number of hydrogen-bond donors (Lipinski definition) is 0. The van der Waals surface area contributed by atoms with Crippen LogP contribution in [0, 0.1) is 0 Å². The van der Waals surface area contributed by atoms with E-state index in [2.05, 4.69) is 69.7 Å². The van der Waals surface area contributed by atoms with Crippen molar-refractivity contribution >= 4 is 11.4 Å². The van der Waals surface area contributed by atoms with Gasteiger partial charge < -0.3 is 0 Å². The second kappa shape index (κ2) is 8.56. The highest BCUT2D eigenvalue weighted by Gasteiger charge is 2.27. The summed E-state index contributed by atoms with van der Waals surface area (Å²) in [5.74, 6) is 1.46. The number of hydrogen-bond acceptors (Lipinski definition) is 2. The summed E-state index contributed by atoms with van der Waals surface area (Å²) in [6.07, 6.45) is 12.0. The van der Waals surface area contributed by atoms with Gasteiger partial charge in [0.1, 0.15) is 30.8 Å². The van der Waals surface area contributed by atoms with E-state index in [1.54, 1.807) is 10.9 Å². The molecule has 174 valence electrons. The van der Waals surface area contributed by atoms with Crippen molar-refractivity contribution in [2.45, 2.75) is 58.9 Å². The first-order chi connectivity index (χ1) is 16.4. The Hall–Kier alpha value is -3.74. The van der Waals surface area contributed by atoms with Gasteiger partial charge in [-0.25, -0.2) is 8.97 Å². The summed E-state index contributed by atoms with van der Waals surface area (Å²) in [6, 6.07) is 12.1. The standard InChI is InChI=1S/C27H32N6O/c1-19(2)22-10-8-15-32(26(22)34)33-18-24(31-14-9-12-28-27(31)33)21(5)16-29-17-23(20(3)4)30-13-7-6-11-25(29)30/h6-15,17-21H,16H2,1-5H3/q+2. The third-order valence-corrected chi connectivity index (χ3v) is 6.54. The summed E-state index contributed by atoms with van der Waals surface area (Å²) in [5, 5.41) is 0. The van der Waals surface area contributed by atoms with Crippen LogP contribution in [0.5, 0.6) is 0 Å². The number of pyridine rings is 2. The molecule has 7 nitrogen and oxygen atoms in total. The lowest BCUT2D eigenvalue weighted by molar-refractivity contribution is -0.676. The Morgan fingerprint density at radius 2 is 1.76 bits per heavy atom. The minimum atomic E-state index is -0.0192. The third-order valence-electron chi connectivity index (χ3n) is 6.54. The van der Waals surface area contributed by atoms with E-state index in [1.807, 2.05) is 55.3 Å². The predicted molar refractivity (Wildman–Crippen MR) is 131 cm³/mol. The molecule has 0 bridgehead atoms. The largest absolute Gasteiger partial charge is 0.426 e. The summed E-state index contributed by atoms with van der Waals surface area (Å²) < 4.78 is 10.2. The Balaban J connectivity index is 1.61. The van der Waals surface area contributed by atoms with Gasteiger partial charge in [0.2, 0.25) is 0 Å². The Morgan fingerprint density at radius 3 is 2.53 bits per heavy atom. The van der Waals surface area contributed by atoms with Crippen LogP contribution in [0.2, 0.25) is 0 Å².